The molecule has 2 rings (SSSR count). The summed E-state index contributed by atoms with van der Waals surface area (Å²) in [5.41, 5.74) is 2.06. The van der Waals surface area contributed by atoms with E-state index in [4.69, 9.17) is 4.42 Å². The van der Waals surface area contributed by atoms with E-state index in [-0.39, 0.29) is 5.91 Å². The quantitative estimate of drug-likeness (QED) is 0.665. The minimum atomic E-state index is -0.575. The SMILES string of the molecule is CCCCCCCCCC(=O)n1c(=O)oc2cc(C)ccc21. The molecule has 1 aromatic heterocycles. The summed E-state index contributed by atoms with van der Waals surface area (Å²) in [6.45, 7) is 4.13. The van der Waals surface area contributed by atoms with Crippen LogP contribution in [0, 0.1) is 6.92 Å². The number of carbonyl (C=O) groups excluding carboxylic acids is 1. The van der Waals surface area contributed by atoms with Crippen LogP contribution in [0.1, 0.15) is 68.6 Å². The molecule has 0 saturated heterocycles. The van der Waals surface area contributed by atoms with Crippen molar-refractivity contribution in [3.8, 4) is 0 Å². The van der Waals surface area contributed by atoms with E-state index in [1.807, 2.05) is 13.0 Å². The van der Waals surface area contributed by atoms with E-state index in [1.54, 1.807) is 12.1 Å². The fourth-order valence-corrected chi connectivity index (χ4v) is 2.71. The van der Waals surface area contributed by atoms with Crippen LogP contribution in [0.15, 0.2) is 27.4 Å². The molecule has 0 N–H and O–H groups in total. The van der Waals surface area contributed by atoms with Gasteiger partial charge in [0.25, 0.3) is 0 Å². The average molecular weight is 303 g/mol. The molecule has 4 nitrogen and oxygen atoms in total. The molecule has 0 aliphatic rings. The van der Waals surface area contributed by atoms with Gasteiger partial charge in [-0.2, -0.15) is 0 Å². The Balaban J connectivity index is 1.90. The van der Waals surface area contributed by atoms with Crippen LogP contribution < -0.4 is 5.76 Å². The molecule has 0 saturated carbocycles. The lowest BCUT2D eigenvalue weighted by atomic mass is 10.1. The zero-order chi connectivity index (χ0) is 15.9. The first kappa shape index (κ1) is 16.5. The summed E-state index contributed by atoms with van der Waals surface area (Å²) in [5, 5.41) is 0. The van der Waals surface area contributed by atoms with Crippen molar-refractivity contribution in [3.05, 3.63) is 34.3 Å². The van der Waals surface area contributed by atoms with E-state index < -0.39 is 5.76 Å². The second kappa shape index (κ2) is 7.97. The molecule has 120 valence electrons. The molecule has 4 heteroatoms. The zero-order valence-electron chi connectivity index (χ0n) is 13.6. The molecule has 0 amide bonds. The third-order valence-electron chi connectivity index (χ3n) is 3.98. The van der Waals surface area contributed by atoms with Crippen LogP contribution in [0.3, 0.4) is 0 Å². The van der Waals surface area contributed by atoms with E-state index in [2.05, 4.69) is 6.92 Å². The summed E-state index contributed by atoms with van der Waals surface area (Å²) in [4.78, 5) is 24.1. The molecular weight excluding hydrogens is 278 g/mol. The molecule has 0 radical (unpaired) electrons. The third kappa shape index (κ3) is 4.09. The molecule has 0 bridgehead atoms. The number of fused-ring (bicyclic) bond motifs is 1. The lowest BCUT2D eigenvalue weighted by Gasteiger charge is -2.02. The van der Waals surface area contributed by atoms with E-state index in [0.29, 0.717) is 17.5 Å². The summed E-state index contributed by atoms with van der Waals surface area (Å²) in [7, 11) is 0. The van der Waals surface area contributed by atoms with Crippen LogP contribution in [0.25, 0.3) is 11.1 Å². The number of aromatic nitrogens is 1. The van der Waals surface area contributed by atoms with Crippen molar-refractivity contribution < 1.29 is 9.21 Å². The summed E-state index contributed by atoms with van der Waals surface area (Å²) in [5.74, 6) is -0.741. The number of hydrogen-bond acceptors (Lipinski definition) is 3. The van der Waals surface area contributed by atoms with Crippen LogP contribution >= 0.6 is 0 Å². The third-order valence-corrected chi connectivity index (χ3v) is 3.98. The summed E-state index contributed by atoms with van der Waals surface area (Å²) in [6, 6.07) is 5.45. The number of benzene rings is 1. The first-order valence-corrected chi connectivity index (χ1v) is 8.29. The van der Waals surface area contributed by atoms with E-state index in [1.165, 1.54) is 30.3 Å². The summed E-state index contributed by atoms with van der Waals surface area (Å²) < 4.78 is 6.33. The number of unbranched alkanes of at least 4 members (excludes halogenated alkanes) is 6. The van der Waals surface area contributed by atoms with E-state index in [9.17, 15) is 9.59 Å². The Bertz CT molecular complexity index is 681. The van der Waals surface area contributed by atoms with Crippen LogP contribution in [-0.4, -0.2) is 10.5 Å². The maximum atomic E-state index is 12.3. The number of rotatable bonds is 8. The van der Waals surface area contributed by atoms with Crippen molar-refractivity contribution in [2.75, 3.05) is 0 Å². The van der Waals surface area contributed by atoms with Gasteiger partial charge in [0, 0.05) is 6.42 Å². The predicted molar refractivity (Wildman–Crippen MR) is 88.4 cm³/mol. The lowest BCUT2D eigenvalue weighted by molar-refractivity contribution is 0.0895. The number of nitrogens with zero attached hydrogens (tertiary/aromatic N) is 1. The van der Waals surface area contributed by atoms with Gasteiger partial charge >= 0.3 is 5.76 Å². The standard InChI is InChI=1S/C18H25NO3/c1-3-4-5-6-7-8-9-10-17(20)19-15-12-11-14(2)13-16(15)22-18(19)21/h11-13H,3-10H2,1-2H3. The number of aryl methyl sites for hydroxylation is 1. The summed E-state index contributed by atoms with van der Waals surface area (Å²) in [6.07, 6.45) is 8.47. The highest BCUT2D eigenvalue weighted by Crippen LogP contribution is 2.16. The van der Waals surface area contributed by atoms with Gasteiger partial charge in [-0.15, -0.1) is 0 Å². The van der Waals surface area contributed by atoms with Gasteiger partial charge in [0.1, 0.15) is 0 Å². The highest BCUT2D eigenvalue weighted by atomic mass is 16.4. The first-order valence-electron chi connectivity index (χ1n) is 8.29. The minimum Gasteiger partial charge on any atom is -0.407 e. The summed E-state index contributed by atoms with van der Waals surface area (Å²) >= 11 is 0. The molecule has 0 spiro atoms. The molecule has 1 heterocycles. The van der Waals surface area contributed by atoms with Gasteiger partial charge < -0.3 is 4.42 Å². The van der Waals surface area contributed by atoms with Gasteiger partial charge in [-0.3, -0.25) is 4.79 Å². The molecular formula is C18H25NO3. The van der Waals surface area contributed by atoms with Crippen molar-refractivity contribution in [1.29, 1.82) is 0 Å². The zero-order valence-corrected chi connectivity index (χ0v) is 13.6. The van der Waals surface area contributed by atoms with Crippen molar-refractivity contribution in [3.63, 3.8) is 0 Å². The number of oxazole rings is 1. The van der Waals surface area contributed by atoms with Gasteiger partial charge in [-0.1, -0.05) is 51.5 Å². The van der Waals surface area contributed by atoms with Gasteiger partial charge in [0.05, 0.1) is 5.52 Å². The Morgan fingerprint density at radius 1 is 1.09 bits per heavy atom. The van der Waals surface area contributed by atoms with E-state index in [0.717, 1.165) is 24.8 Å². The smallest absolute Gasteiger partial charge is 0.407 e. The minimum absolute atomic E-state index is 0.166. The molecule has 0 aliphatic heterocycles. The fourth-order valence-electron chi connectivity index (χ4n) is 2.71. The predicted octanol–water partition coefficient (Wildman–Crippen LogP) is 4.68. The maximum absolute atomic E-state index is 12.3. The van der Waals surface area contributed by atoms with Crippen LogP contribution in [-0.2, 0) is 0 Å². The highest BCUT2D eigenvalue weighted by molar-refractivity contribution is 5.89. The first-order chi connectivity index (χ1) is 10.6. The van der Waals surface area contributed by atoms with Crippen molar-refractivity contribution in [2.24, 2.45) is 0 Å². The Kier molecular flexibility index (Phi) is 5.99. The molecule has 22 heavy (non-hydrogen) atoms. The van der Waals surface area contributed by atoms with Gasteiger partial charge in [0.2, 0.25) is 5.91 Å². The molecule has 0 unspecified atom stereocenters. The van der Waals surface area contributed by atoms with Gasteiger partial charge in [0.15, 0.2) is 5.58 Å². The number of hydrogen-bond donors (Lipinski definition) is 0. The highest BCUT2D eigenvalue weighted by Gasteiger charge is 2.15. The van der Waals surface area contributed by atoms with Crippen LogP contribution in [0.2, 0.25) is 0 Å². The Morgan fingerprint density at radius 2 is 1.77 bits per heavy atom. The Morgan fingerprint density at radius 3 is 2.50 bits per heavy atom. The monoisotopic (exact) mass is 303 g/mol. The maximum Gasteiger partial charge on any atom is 0.426 e. The molecule has 0 aliphatic carbocycles. The second-order valence-corrected chi connectivity index (χ2v) is 5.94. The molecule has 1 aromatic carbocycles. The lowest BCUT2D eigenvalue weighted by Crippen LogP contribution is -2.22. The van der Waals surface area contributed by atoms with Crippen molar-refractivity contribution in [2.45, 2.75) is 65.2 Å². The van der Waals surface area contributed by atoms with Crippen LogP contribution in [0.4, 0.5) is 0 Å². The van der Waals surface area contributed by atoms with Gasteiger partial charge in [-0.05, 0) is 31.0 Å². The molecule has 0 atom stereocenters. The number of carbonyl (C=O) groups is 1. The molecule has 2 aromatic rings. The van der Waals surface area contributed by atoms with Crippen molar-refractivity contribution in [1.82, 2.24) is 4.57 Å². The fraction of sp³-hybridized carbons (Fsp3) is 0.556. The second-order valence-electron chi connectivity index (χ2n) is 5.94. The Labute approximate surface area is 131 Å². The normalized spacial score (nSPS) is 11.2. The van der Waals surface area contributed by atoms with E-state index >= 15 is 0 Å². The van der Waals surface area contributed by atoms with Crippen molar-refractivity contribution >= 4 is 17.0 Å². The topological polar surface area (TPSA) is 52.2 Å². The molecule has 0 fully saturated rings. The largest absolute Gasteiger partial charge is 0.426 e. The Hall–Kier alpha value is -1.84. The van der Waals surface area contributed by atoms with Gasteiger partial charge in [-0.25, -0.2) is 9.36 Å². The average Bonchev–Trinajstić information content (AvgIpc) is 2.81. The van der Waals surface area contributed by atoms with Crippen LogP contribution in [0.5, 0.6) is 0 Å².